The molecule has 6 heteroatoms. The molecule has 2 rings (SSSR count). The summed E-state index contributed by atoms with van der Waals surface area (Å²) < 4.78 is 0. The molecule has 1 saturated heterocycles. The summed E-state index contributed by atoms with van der Waals surface area (Å²) >= 11 is 0. The van der Waals surface area contributed by atoms with E-state index in [-0.39, 0.29) is 36.1 Å². The van der Waals surface area contributed by atoms with Crippen LogP contribution in [-0.4, -0.2) is 54.2 Å². The predicted molar refractivity (Wildman–Crippen MR) is 106 cm³/mol. The van der Waals surface area contributed by atoms with Gasteiger partial charge in [0.25, 0.3) is 0 Å². The zero-order chi connectivity index (χ0) is 20.1. The molecule has 3 amide bonds. The highest BCUT2D eigenvalue weighted by atomic mass is 16.2. The SMILES string of the molecule is Cc1ccc(C)c(NC(=O)CN(C)C(=O)C2CCCN(C(=O)C(C)C)C2)c1. The van der Waals surface area contributed by atoms with Crippen molar-refractivity contribution >= 4 is 23.4 Å². The number of hydrogen-bond acceptors (Lipinski definition) is 3. The summed E-state index contributed by atoms with van der Waals surface area (Å²) in [6.45, 7) is 8.80. The Balaban J connectivity index is 1.93. The van der Waals surface area contributed by atoms with Crippen molar-refractivity contribution in [2.24, 2.45) is 11.8 Å². The van der Waals surface area contributed by atoms with Crippen LogP contribution < -0.4 is 5.32 Å². The van der Waals surface area contributed by atoms with Crippen molar-refractivity contribution in [1.82, 2.24) is 9.80 Å². The van der Waals surface area contributed by atoms with Crippen molar-refractivity contribution in [3.8, 4) is 0 Å². The summed E-state index contributed by atoms with van der Waals surface area (Å²) in [5.74, 6) is -0.513. The van der Waals surface area contributed by atoms with Gasteiger partial charge in [-0.1, -0.05) is 26.0 Å². The fourth-order valence-electron chi connectivity index (χ4n) is 3.41. The topological polar surface area (TPSA) is 69.7 Å². The molecule has 1 aromatic carbocycles. The number of nitrogens with zero attached hydrogens (tertiary/aromatic N) is 2. The van der Waals surface area contributed by atoms with Gasteiger partial charge in [-0.25, -0.2) is 0 Å². The molecule has 1 aliphatic rings. The molecule has 0 radical (unpaired) electrons. The van der Waals surface area contributed by atoms with Gasteiger partial charge in [0.05, 0.1) is 12.5 Å². The van der Waals surface area contributed by atoms with Gasteiger partial charge >= 0.3 is 0 Å². The molecule has 148 valence electrons. The normalized spacial score (nSPS) is 17.0. The Morgan fingerprint density at radius 3 is 2.63 bits per heavy atom. The smallest absolute Gasteiger partial charge is 0.243 e. The minimum Gasteiger partial charge on any atom is -0.342 e. The highest BCUT2D eigenvalue weighted by Crippen LogP contribution is 2.20. The van der Waals surface area contributed by atoms with Gasteiger partial charge in [-0.2, -0.15) is 0 Å². The molecule has 0 aliphatic carbocycles. The summed E-state index contributed by atoms with van der Waals surface area (Å²) in [6.07, 6.45) is 1.57. The molecule has 0 bridgehead atoms. The Morgan fingerprint density at radius 2 is 1.96 bits per heavy atom. The maximum absolute atomic E-state index is 12.8. The van der Waals surface area contributed by atoms with Crippen molar-refractivity contribution in [2.75, 3.05) is 32.0 Å². The molecule has 27 heavy (non-hydrogen) atoms. The molecule has 1 unspecified atom stereocenters. The van der Waals surface area contributed by atoms with Crippen LogP contribution in [0.1, 0.15) is 37.8 Å². The van der Waals surface area contributed by atoms with Gasteiger partial charge in [-0.15, -0.1) is 0 Å². The third-order valence-corrected chi connectivity index (χ3v) is 5.00. The van der Waals surface area contributed by atoms with Crippen molar-refractivity contribution in [3.63, 3.8) is 0 Å². The van der Waals surface area contributed by atoms with Gasteiger partial charge in [0.15, 0.2) is 0 Å². The van der Waals surface area contributed by atoms with Crippen LogP contribution in [0, 0.1) is 25.7 Å². The Bertz CT molecular complexity index is 715. The zero-order valence-electron chi connectivity index (χ0n) is 17.0. The van der Waals surface area contributed by atoms with E-state index in [9.17, 15) is 14.4 Å². The first-order valence-electron chi connectivity index (χ1n) is 9.60. The largest absolute Gasteiger partial charge is 0.342 e. The van der Waals surface area contributed by atoms with E-state index in [1.165, 1.54) is 4.90 Å². The number of hydrogen-bond donors (Lipinski definition) is 1. The average molecular weight is 373 g/mol. The second kappa shape index (κ2) is 9.02. The second-order valence-electron chi connectivity index (χ2n) is 7.84. The van der Waals surface area contributed by atoms with Crippen LogP contribution in [0.4, 0.5) is 5.69 Å². The van der Waals surface area contributed by atoms with Gasteiger partial charge in [0.1, 0.15) is 0 Å². The third-order valence-electron chi connectivity index (χ3n) is 5.00. The van der Waals surface area contributed by atoms with Crippen molar-refractivity contribution in [1.29, 1.82) is 0 Å². The van der Waals surface area contributed by atoms with Crippen molar-refractivity contribution < 1.29 is 14.4 Å². The number of carbonyl (C=O) groups is 3. The van der Waals surface area contributed by atoms with E-state index in [4.69, 9.17) is 0 Å². The molecule has 1 fully saturated rings. The molecule has 1 heterocycles. The number of nitrogens with one attached hydrogen (secondary N) is 1. The Hall–Kier alpha value is -2.37. The van der Waals surface area contributed by atoms with Crippen LogP contribution in [0.2, 0.25) is 0 Å². The van der Waals surface area contributed by atoms with E-state index >= 15 is 0 Å². The van der Waals surface area contributed by atoms with Crippen LogP contribution >= 0.6 is 0 Å². The summed E-state index contributed by atoms with van der Waals surface area (Å²) in [7, 11) is 1.65. The van der Waals surface area contributed by atoms with E-state index in [1.807, 2.05) is 45.9 Å². The van der Waals surface area contributed by atoms with Gasteiger partial charge in [-0.05, 0) is 43.9 Å². The lowest BCUT2D eigenvalue weighted by Crippen LogP contribution is -2.48. The number of rotatable bonds is 5. The van der Waals surface area contributed by atoms with Crippen LogP contribution in [-0.2, 0) is 14.4 Å². The van der Waals surface area contributed by atoms with E-state index < -0.39 is 0 Å². The van der Waals surface area contributed by atoms with Crippen LogP contribution in [0.25, 0.3) is 0 Å². The molecule has 6 nitrogen and oxygen atoms in total. The summed E-state index contributed by atoms with van der Waals surface area (Å²) in [5, 5.41) is 2.88. The number of amides is 3. The van der Waals surface area contributed by atoms with E-state index in [0.717, 1.165) is 29.7 Å². The molecule has 1 aliphatic heterocycles. The number of piperidine rings is 1. The molecule has 0 saturated carbocycles. The quantitative estimate of drug-likeness (QED) is 0.862. The Morgan fingerprint density at radius 1 is 1.26 bits per heavy atom. The molecule has 0 spiro atoms. The minimum absolute atomic E-state index is 0.000836. The van der Waals surface area contributed by atoms with Gasteiger partial charge < -0.3 is 15.1 Å². The van der Waals surface area contributed by atoms with Crippen LogP contribution in [0.15, 0.2) is 18.2 Å². The third kappa shape index (κ3) is 5.55. The monoisotopic (exact) mass is 373 g/mol. The highest BCUT2D eigenvalue weighted by molar-refractivity contribution is 5.95. The lowest BCUT2D eigenvalue weighted by molar-refractivity contribution is -0.143. The first-order chi connectivity index (χ1) is 12.7. The maximum Gasteiger partial charge on any atom is 0.243 e. The number of anilines is 1. The summed E-state index contributed by atoms with van der Waals surface area (Å²) in [4.78, 5) is 40.6. The molecular weight excluding hydrogens is 342 g/mol. The van der Waals surface area contributed by atoms with E-state index in [0.29, 0.717) is 13.1 Å². The highest BCUT2D eigenvalue weighted by Gasteiger charge is 2.31. The predicted octanol–water partition coefficient (Wildman–Crippen LogP) is 2.59. The fourth-order valence-corrected chi connectivity index (χ4v) is 3.41. The first kappa shape index (κ1) is 20.9. The maximum atomic E-state index is 12.8. The second-order valence-corrected chi connectivity index (χ2v) is 7.84. The number of aryl methyl sites for hydroxylation is 2. The van der Waals surface area contributed by atoms with Gasteiger partial charge in [0.2, 0.25) is 17.7 Å². The number of likely N-dealkylation sites (N-methyl/N-ethyl adjacent to an activating group) is 1. The standard InChI is InChI=1S/C21H31N3O3/c1-14(2)20(26)24-10-6-7-17(12-24)21(27)23(5)13-19(25)22-18-11-15(3)8-9-16(18)4/h8-9,11,14,17H,6-7,10,12-13H2,1-5H3,(H,22,25). The van der Waals surface area contributed by atoms with Crippen LogP contribution in [0.3, 0.4) is 0 Å². The lowest BCUT2D eigenvalue weighted by atomic mass is 9.95. The Labute approximate surface area is 161 Å². The Kier molecular flexibility index (Phi) is 6.99. The molecular formula is C21H31N3O3. The van der Waals surface area contributed by atoms with Crippen molar-refractivity contribution in [2.45, 2.75) is 40.5 Å². The fraction of sp³-hybridized carbons (Fsp3) is 0.571. The van der Waals surface area contributed by atoms with Gasteiger partial charge in [0, 0.05) is 31.7 Å². The van der Waals surface area contributed by atoms with Gasteiger partial charge in [-0.3, -0.25) is 14.4 Å². The van der Waals surface area contributed by atoms with E-state index in [2.05, 4.69) is 5.32 Å². The van der Waals surface area contributed by atoms with Crippen LogP contribution in [0.5, 0.6) is 0 Å². The van der Waals surface area contributed by atoms with E-state index in [1.54, 1.807) is 11.9 Å². The van der Waals surface area contributed by atoms with Crippen molar-refractivity contribution in [3.05, 3.63) is 29.3 Å². The minimum atomic E-state index is -0.236. The molecule has 1 N–H and O–H groups in total. The molecule has 0 aromatic heterocycles. The summed E-state index contributed by atoms with van der Waals surface area (Å²) in [6, 6.07) is 5.88. The summed E-state index contributed by atoms with van der Waals surface area (Å²) in [5.41, 5.74) is 2.82. The molecule has 1 aromatic rings. The number of benzene rings is 1. The average Bonchev–Trinajstić information content (AvgIpc) is 2.63. The first-order valence-corrected chi connectivity index (χ1v) is 9.60. The number of likely N-dealkylation sites (tertiary alicyclic amines) is 1. The number of carbonyl (C=O) groups excluding carboxylic acids is 3. The zero-order valence-corrected chi connectivity index (χ0v) is 17.0. The lowest BCUT2D eigenvalue weighted by Gasteiger charge is -2.34. The molecule has 1 atom stereocenters.